The fourth-order valence-electron chi connectivity index (χ4n) is 2.26. The van der Waals surface area contributed by atoms with Crippen LogP contribution in [0.2, 0.25) is 0 Å². The summed E-state index contributed by atoms with van der Waals surface area (Å²) in [4.78, 5) is 14.9. The molecule has 0 aliphatic heterocycles. The number of aromatic amines is 1. The quantitative estimate of drug-likeness (QED) is 0.804. The van der Waals surface area contributed by atoms with Crippen molar-refractivity contribution in [1.82, 2.24) is 14.8 Å². The Morgan fingerprint density at radius 3 is 3.00 bits per heavy atom. The van der Waals surface area contributed by atoms with E-state index in [9.17, 15) is 4.79 Å². The zero-order valence-corrected chi connectivity index (χ0v) is 12.2. The Labute approximate surface area is 118 Å². The van der Waals surface area contributed by atoms with Gasteiger partial charge in [0.1, 0.15) is 0 Å². The molecule has 0 aliphatic carbocycles. The third kappa shape index (κ3) is 2.18. The lowest BCUT2D eigenvalue weighted by atomic mass is 10.1. The van der Waals surface area contributed by atoms with Crippen LogP contribution >= 0.6 is 15.9 Å². The zero-order valence-electron chi connectivity index (χ0n) is 10.6. The molecule has 1 aromatic carbocycles. The smallest absolute Gasteiger partial charge is 0.276 e. The average molecular weight is 320 g/mol. The van der Waals surface area contributed by atoms with Gasteiger partial charge >= 0.3 is 0 Å². The van der Waals surface area contributed by atoms with E-state index in [0.29, 0.717) is 5.52 Å². The Morgan fingerprint density at radius 1 is 1.37 bits per heavy atom. The first kappa shape index (κ1) is 12.4. The molecule has 0 fully saturated rings. The number of pyridine rings is 1. The highest BCUT2D eigenvalue weighted by Crippen LogP contribution is 2.23. The standard InChI is InChI=1S/C14H14BrN3O/c1-2-3-6-18-8-11-10-5-4-9(15)7-12(10)16-14(19)13(11)17-18/h4-5,7-8H,2-3,6H2,1H3,(H,16,19). The summed E-state index contributed by atoms with van der Waals surface area (Å²) >= 11 is 3.42. The van der Waals surface area contributed by atoms with Crippen LogP contribution in [0.25, 0.3) is 21.8 Å². The van der Waals surface area contributed by atoms with E-state index in [4.69, 9.17) is 0 Å². The van der Waals surface area contributed by atoms with E-state index >= 15 is 0 Å². The summed E-state index contributed by atoms with van der Waals surface area (Å²) < 4.78 is 2.82. The number of aromatic nitrogens is 3. The molecule has 0 unspecified atom stereocenters. The lowest BCUT2D eigenvalue weighted by Crippen LogP contribution is -2.07. The van der Waals surface area contributed by atoms with E-state index in [1.54, 1.807) is 0 Å². The fourth-order valence-corrected chi connectivity index (χ4v) is 2.62. The number of nitrogens with zero attached hydrogens (tertiary/aromatic N) is 2. The van der Waals surface area contributed by atoms with Crippen LogP contribution in [-0.4, -0.2) is 14.8 Å². The van der Waals surface area contributed by atoms with Gasteiger partial charge in [0.25, 0.3) is 5.56 Å². The zero-order chi connectivity index (χ0) is 13.4. The second-order valence-corrected chi connectivity index (χ2v) is 5.57. The summed E-state index contributed by atoms with van der Waals surface area (Å²) in [6.45, 7) is 2.99. The predicted molar refractivity (Wildman–Crippen MR) is 80.5 cm³/mol. The van der Waals surface area contributed by atoms with Crippen molar-refractivity contribution in [3.05, 3.63) is 39.2 Å². The summed E-state index contributed by atoms with van der Waals surface area (Å²) in [7, 11) is 0. The van der Waals surface area contributed by atoms with Crippen LogP contribution in [0.1, 0.15) is 19.8 Å². The number of aryl methyl sites for hydroxylation is 1. The first-order valence-corrected chi connectivity index (χ1v) is 7.17. The number of hydrogen-bond donors (Lipinski definition) is 1. The Hall–Kier alpha value is -1.62. The van der Waals surface area contributed by atoms with Crippen LogP contribution in [0.3, 0.4) is 0 Å². The number of benzene rings is 1. The molecule has 0 saturated carbocycles. The van der Waals surface area contributed by atoms with E-state index in [-0.39, 0.29) is 5.56 Å². The average Bonchev–Trinajstić information content (AvgIpc) is 2.81. The molecule has 1 N–H and O–H groups in total. The summed E-state index contributed by atoms with van der Waals surface area (Å²) in [5.41, 5.74) is 1.23. The predicted octanol–water partition coefficient (Wildman–Crippen LogP) is 3.44. The van der Waals surface area contributed by atoms with Crippen LogP contribution in [-0.2, 0) is 6.54 Å². The summed E-state index contributed by atoms with van der Waals surface area (Å²) in [5.74, 6) is 0. The highest BCUT2D eigenvalue weighted by molar-refractivity contribution is 9.10. The second-order valence-electron chi connectivity index (χ2n) is 4.65. The maximum absolute atomic E-state index is 12.0. The van der Waals surface area contributed by atoms with Gasteiger partial charge in [0.2, 0.25) is 0 Å². The highest BCUT2D eigenvalue weighted by atomic mass is 79.9. The Kier molecular flexibility index (Phi) is 3.14. The van der Waals surface area contributed by atoms with Crippen molar-refractivity contribution in [2.24, 2.45) is 0 Å². The van der Waals surface area contributed by atoms with Crippen molar-refractivity contribution in [2.45, 2.75) is 26.3 Å². The Bertz CT molecular complexity index is 803. The molecular weight excluding hydrogens is 306 g/mol. The van der Waals surface area contributed by atoms with Crippen LogP contribution in [0.5, 0.6) is 0 Å². The van der Waals surface area contributed by atoms with Gasteiger partial charge in [-0.15, -0.1) is 0 Å². The van der Waals surface area contributed by atoms with Gasteiger partial charge in [0.15, 0.2) is 5.52 Å². The van der Waals surface area contributed by atoms with Crippen molar-refractivity contribution in [3.63, 3.8) is 0 Å². The highest BCUT2D eigenvalue weighted by Gasteiger charge is 2.09. The van der Waals surface area contributed by atoms with E-state index in [0.717, 1.165) is 40.1 Å². The first-order chi connectivity index (χ1) is 9.19. The molecule has 3 rings (SSSR count). The molecule has 98 valence electrons. The van der Waals surface area contributed by atoms with E-state index in [1.807, 2.05) is 29.1 Å². The molecule has 4 nitrogen and oxygen atoms in total. The first-order valence-electron chi connectivity index (χ1n) is 6.37. The van der Waals surface area contributed by atoms with Crippen LogP contribution in [0, 0.1) is 0 Å². The van der Waals surface area contributed by atoms with Crippen LogP contribution in [0.15, 0.2) is 33.7 Å². The van der Waals surface area contributed by atoms with Gasteiger partial charge in [0, 0.05) is 28.0 Å². The minimum Gasteiger partial charge on any atom is -0.320 e. The number of nitrogens with one attached hydrogen (secondary N) is 1. The molecular formula is C14H14BrN3O. The van der Waals surface area contributed by atoms with Gasteiger partial charge < -0.3 is 4.98 Å². The third-order valence-electron chi connectivity index (χ3n) is 3.24. The number of rotatable bonds is 3. The summed E-state index contributed by atoms with van der Waals surface area (Å²) in [5, 5.41) is 6.33. The molecule has 5 heteroatoms. The maximum Gasteiger partial charge on any atom is 0.276 e. The van der Waals surface area contributed by atoms with Gasteiger partial charge in [0.05, 0.1) is 5.52 Å². The summed E-state index contributed by atoms with van der Waals surface area (Å²) in [6.07, 6.45) is 4.14. The largest absolute Gasteiger partial charge is 0.320 e. The van der Waals surface area contributed by atoms with Gasteiger partial charge in [-0.1, -0.05) is 35.3 Å². The number of H-pyrrole nitrogens is 1. The molecule has 0 radical (unpaired) electrons. The SMILES string of the molecule is CCCCn1cc2c(n1)c(=O)[nH]c1cc(Br)ccc12. The second kappa shape index (κ2) is 4.81. The van der Waals surface area contributed by atoms with Crippen molar-refractivity contribution in [1.29, 1.82) is 0 Å². The molecule has 3 aromatic rings. The molecule has 0 atom stereocenters. The monoisotopic (exact) mass is 319 g/mol. The molecule has 0 saturated heterocycles. The van der Waals surface area contributed by atoms with E-state index < -0.39 is 0 Å². The summed E-state index contributed by atoms with van der Waals surface area (Å²) in [6, 6.07) is 5.90. The molecule has 0 spiro atoms. The van der Waals surface area contributed by atoms with Crippen molar-refractivity contribution < 1.29 is 0 Å². The maximum atomic E-state index is 12.0. The van der Waals surface area contributed by atoms with Gasteiger partial charge in [-0.2, -0.15) is 5.10 Å². The molecule has 2 heterocycles. The molecule has 0 amide bonds. The van der Waals surface area contributed by atoms with E-state index in [2.05, 4.69) is 32.9 Å². The minimum absolute atomic E-state index is 0.129. The lowest BCUT2D eigenvalue weighted by Gasteiger charge is -1.99. The molecule has 0 bridgehead atoms. The Morgan fingerprint density at radius 2 is 2.21 bits per heavy atom. The van der Waals surface area contributed by atoms with Gasteiger partial charge in [-0.05, 0) is 18.6 Å². The van der Waals surface area contributed by atoms with Crippen molar-refractivity contribution in [2.75, 3.05) is 0 Å². The number of unbranched alkanes of at least 4 members (excludes halogenated alkanes) is 1. The molecule has 2 aromatic heterocycles. The van der Waals surface area contributed by atoms with Crippen molar-refractivity contribution >= 4 is 37.7 Å². The Balaban J connectivity index is 2.27. The van der Waals surface area contributed by atoms with E-state index in [1.165, 1.54) is 0 Å². The molecule has 19 heavy (non-hydrogen) atoms. The number of halogens is 1. The lowest BCUT2D eigenvalue weighted by molar-refractivity contribution is 0.576. The van der Waals surface area contributed by atoms with Crippen molar-refractivity contribution in [3.8, 4) is 0 Å². The van der Waals surface area contributed by atoms with Crippen LogP contribution in [0.4, 0.5) is 0 Å². The normalized spacial score (nSPS) is 11.5. The fraction of sp³-hybridized carbons (Fsp3) is 0.286. The third-order valence-corrected chi connectivity index (χ3v) is 3.73. The molecule has 0 aliphatic rings. The van der Waals surface area contributed by atoms with Gasteiger partial charge in [-0.25, -0.2) is 0 Å². The van der Waals surface area contributed by atoms with Crippen LogP contribution < -0.4 is 5.56 Å². The number of fused-ring (bicyclic) bond motifs is 3. The topological polar surface area (TPSA) is 50.7 Å². The number of hydrogen-bond acceptors (Lipinski definition) is 2. The van der Waals surface area contributed by atoms with Gasteiger partial charge in [-0.3, -0.25) is 9.48 Å². The minimum atomic E-state index is -0.129.